The fraction of sp³-hybridized carbons (Fsp3) is 0.286. The van der Waals surface area contributed by atoms with Gasteiger partial charge in [0.15, 0.2) is 0 Å². The van der Waals surface area contributed by atoms with Crippen molar-refractivity contribution in [1.82, 2.24) is 0 Å². The zero-order chi connectivity index (χ0) is 19.4. The number of anilines is 1. The Morgan fingerprint density at radius 1 is 0.778 bits per heavy atom. The van der Waals surface area contributed by atoms with E-state index in [0.29, 0.717) is 11.3 Å². The number of amides is 1. The molecule has 0 saturated heterocycles. The Morgan fingerprint density at radius 2 is 1.37 bits per heavy atom. The summed E-state index contributed by atoms with van der Waals surface area (Å²) in [6, 6.07) is 10.0. The molecule has 1 aliphatic rings. The zero-order valence-electron chi connectivity index (χ0n) is 15.3. The lowest BCUT2D eigenvalue weighted by atomic mass is 9.90. The number of ether oxygens (including phenoxy) is 2. The van der Waals surface area contributed by atoms with Crippen LogP contribution in [0.5, 0.6) is 0 Å². The second-order valence-corrected chi connectivity index (χ2v) is 6.43. The van der Waals surface area contributed by atoms with Crippen LogP contribution in [-0.2, 0) is 22.3 Å². The van der Waals surface area contributed by atoms with Gasteiger partial charge in [0.05, 0.1) is 25.3 Å². The Labute approximate surface area is 157 Å². The molecule has 1 N–H and O–H groups in total. The van der Waals surface area contributed by atoms with Gasteiger partial charge in [0.1, 0.15) is 0 Å². The number of esters is 2. The SMILES string of the molecule is COC(=O)c1cc(NC(=O)c2ccc3c(c2)CCCC3)cc(C(=O)OC)c1. The Balaban J connectivity index is 1.88. The van der Waals surface area contributed by atoms with Crippen molar-refractivity contribution in [1.29, 1.82) is 0 Å². The van der Waals surface area contributed by atoms with Gasteiger partial charge in [0, 0.05) is 11.3 Å². The third-order valence-electron chi connectivity index (χ3n) is 4.64. The summed E-state index contributed by atoms with van der Waals surface area (Å²) >= 11 is 0. The van der Waals surface area contributed by atoms with Gasteiger partial charge in [-0.1, -0.05) is 6.07 Å². The van der Waals surface area contributed by atoms with Crippen molar-refractivity contribution in [2.75, 3.05) is 19.5 Å². The normalized spacial score (nSPS) is 12.7. The van der Waals surface area contributed by atoms with E-state index in [1.807, 2.05) is 12.1 Å². The number of hydrogen-bond donors (Lipinski definition) is 1. The molecule has 2 aromatic rings. The molecule has 6 heteroatoms. The van der Waals surface area contributed by atoms with Crippen molar-refractivity contribution >= 4 is 23.5 Å². The van der Waals surface area contributed by atoms with E-state index in [1.54, 1.807) is 6.07 Å². The fourth-order valence-electron chi connectivity index (χ4n) is 3.25. The minimum Gasteiger partial charge on any atom is -0.465 e. The summed E-state index contributed by atoms with van der Waals surface area (Å²) in [5, 5.41) is 2.75. The van der Waals surface area contributed by atoms with Gasteiger partial charge in [-0.2, -0.15) is 0 Å². The summed E-state index contributed by atoms with van der Waals surface area (Å²) in [7, 11) is 2.50. The maximum Gasteiger partial charge on any atom is 0.337 e. The number of carbonyl (C=O) groups excluding carboxylic acids is 3. The van der Waals surface area contributed by atoms with Crippen LogP contribution in [0.15, 0.2) is 36.4 Å². The van der Waals surface area contributed by atoms with E-state index in [0.717, 1.165) is 19.3 Å². The van der Waals surface area contributed by atoms with E-state index in [4.69, 9.17) is 9.47 Å². The van der Waals surface area contributed by atoms with Gasteiger partial charge in [-0.25, -0.2) is 9.59 Å². The van der Waals surface area contributed by atoms with Crippen molar-refractivity contribution in [2.45, 2.75) is 25.7 Å². The van der Waals surface area contributed by atoms with Crippen LogP contribution in [0.25, 0.3) is 0 Å². The van der Waals surface area contributed by atoms with Gasteiger partial charge in [0.2, 0.25) is 0 Å². The van der Waals surface area contributed by atoms with E-state index in [-0.39, 0.29) is 17.0 Å². The largest absolute Gasteiger partial charge is 0.465 e. The van der Waals surface area contributed by atoms with Crippen LogP contribution in [0.3, 0.4) is 0 Å². The number of rotatable bonds is 4. The number of hydrogen-bond acceptors (Lipinski definition) is 5. The van der Waals surface area contributed by atoms with Gasteiger partial charge in [-0.05, 0) is 67.1 Å². The minimum atomic E-state index is -0.606. The summed E-state index contributed by atoms with van der Waals surface area (Å²) in [6.07, 6.45) is 4.32. The van der Waals surface area contributed by atoms with Crippen LogP contribution in [0.2, 0.25) is 0 Å². The maximum atomic E-state index is 12.7. The standard InChI is InChI=1S/C21H21NO5/c1-26-20(24)16-10-17(21(25)27-2)12-18(11-16)22-19(23)15-8-7-13-5-3-4-6-14(13)9-15/h7-12H,3-6H2,1-2H3,(H,22,23). The molecule has 1 aliphatic carbocycles. The Morgan fingerprint density at radius 3 is 1.96 bits per heavy atom. The van der Waals surface area contributed by atoms with Crippen LogP contribution in [0.4, 0.5) is 5.69 Å². The lowest BCUT2D eigenvalue weighted by Crippen LogP contribution is -2.15. The fourth-order valence-corrected chi connectivity index (χ4v) is 3.25. The molecule has 0 unspecified atom stereocenters. The third kappa shape index (κ3) is 4.16. The van der Waals surface area contributed by atoms with Crippen LogP contribution in [-0.4, -0.2) is 32.1 Å². The molecule has 0 spiro atoms. The topological polar surface area (TPSA) is 81.7 Å². The summed E-state index contributed by atoms with van der Waals surface area (Å²) in [4.78, 5) is 36.4. The monoisotopic (exact) mass is 367 g/mol. The molecule has 0 bridgehead atoms. The van der Waals surface area contributed by atoms with Gasteiger partial charge < -0.3 is 14.8 Å². The average Bonchev–Trinajstić information content (AvgIpc) is 2.71. The number of aryl methyl sites for hydroxylation is 2. The lowest BCUT2D eigenvalue weighted by molar-refractivity contribution is 0.0599. The maximum absolute atomic E-state index is 12.7. The van der Waals surface area contributed by atoms with Crippen molar-refractivity contribution in [2.24, 2.45) is 0 Å². The van der Waals surface area contributed by atoms with E-state index in [2.05, 4.69) is 5.32 Å². The van der Waals surface area contributed by atoms with Gasteiger partial charge in [-0.3, -0.25) is 4.79 Å². The summed E-state index contributed by atoms with van der Waals surface area (Å²) < 4.78 is 9.42. The molecule has 2 aromatic carbocycles. The molecule has 0 saturated carbocycles. The molecular formula is C21H21NO5. The van der Waals surface area contributed by atoms with Gasteiger partial charge in [0.25, 0.3) is 5.91 Å². The molecule has 140 valence electrons. The predicted octanol–water partition coefficient (Wildman–Crippen LogP) is 3.39. The Kier molecular flexibility index (Phi) is 5.54. The van der Waals surface area contributed by atoms with E-state index in [9.17, 15) is 14.4 Å². The van der Waals surface area contributed by atoms with Gasteiger partial charge in [-0.15, -0.1) is 0 Å². The predicted molar refractivity (Wildman–Crippen MR) is 100 cm³/mol. The second kappa shape index (κ2) is 8.03. The molecule has 0 aromatic heterocycles. The molecule has 0 aliphatic heterocycles. The van der Waals surface area contributed by atoms with Crippen molar-refractivity contribution in [3.63, 3.8) is 0 Å². The Hall–Kier alpha value is -3.15. The highest BCUT2D eigenvalue weighted by Crippen LogP contribution is 2.23. The minimum absolute atomic E-state index is 0.154. The molecule has 0 heterocycles. The highest BCUT2D eigenvalue weighted by Gasteiger charge is 2.17. The number of nitrogens with one attached hydrogen (secondary N) is 1. The lowest BCUT2D eigenvalue weighted by Gasteiger charge is -2.16. The number of fused-ring (bicyclic) bond motifs is 1. The average molecular weight is 367 g/mol. The summed E-state index contributed by atoms with van der Waals surface area (Å²) in [5.74, 6) is -1.52. The highest BCUT2D eigenvalue weighted by molar-refractivity contribution is 6.06. The first kappa shape index (κ1) is 18.6. The number of methoxy groups -OCH3 is 2. The molecule has 0 radical (unpaired) electrons. The van der Waals surface area contributed by atoms with E-state index in [1.165, 1.54) is 50.0 Å². The molecule has 27 heavy (non-hydrogen) atoms. The first-order chi connectivity index (χ1) is 13.0. The molecule has 0 fully saturated rings. The molecule has 6 nitrogen and oxygen atoms in total. The first-order valence-electron chi connectivity index (χ1n) is 8.76. The molecule has 1 amide bonds. The number of carbonyl (C=O) groups is 3. The molecular weight excluding hydrogens is 346 g/mol. The van der Waals surface area contributed by atoms with Crippen LogP contribution < -0.4 is 5.32 Å². The van der Waals surface area contributed by atoms with Gasteiger partial charge >= 0.3 is 11.9 Å². The molecule has 0 atom stereocenters. The summed E-state index contributed by atoms with van der Waals surface area (Å²) in [5.41, 5.74) is 3.66. The van der Waals surface area contributed by atoms with Crippen LogP contribution in [0.1, 0.15) is 55.0 Å². The second-order valence-electron chi connectivity index (χ2n) is 6.43. The van der Waals surface area contributed by atoms with Crippen molar-refractivity contribution < 1.29 is 23.9 Å². The third-order valence-corrected chi connectivity index (χ3v) is 4.64. The smallest absolute Gasteiger partial charge is 0.337 e. The molecule has 3 rings (SSSR count). The van der Waals surface area contributed by atoms with Crippen LogP contribution in [0, 0.1) is 0 Å². The first-order valence-corrected chi connectivity index (χ1v) is 8.76. The van der Waals surface area contributed by atoms with E-state index < -0.39 is 11.9 Å². The van der Waals surface area contributed by atoms with Crippen molar-refractivity contribution in [3.8, 4) is 0 Å². The summed E-state index contributed by atoms with van der Waals surface area (Å²) in [6.45, 7) is 0. The van der Waals surface area contributed by atoms with E-state index >= 15 is 0 Å². The highest BCUT2D eigenvalue weighted by atomic mass is 16.5. The zero-order valence-corrected chi connectivity index (χ0v) is 15.3. The van der Waals surface area contributed by atoms with Crippen LogP contribution >= 0.6 is 0 Å². The number of benzene rings is 2. The quantitative estimate of drug-likeness (QED) is 0.838. The van der Waals surface area contributed by atoms with Crippen molar-refractivity contribution in [3.05, 3.63) is 64.2 Å². The Bertz CT molecular complexity index is 869.